The molecule has 0 unspecified atom stereocenters. The molecular weight excluding hydrogens is 464 g/mol. The van der Waals surface area contributed by atoms with E-state index in [0.717, 1.165) is 16.1 Å². The molecule has 0 aliphatic carbocycles. The second kappa shape index (κ2) is 10.3. The van der Waals surface area contributed by atoms with Crippen LogP contribution in [0, 0.1) is 0 Å². The molecule has 1 aliphatic heterocycles. The lowest BCUT2D eigenvalue weighted by molar-refractivity contribution is 0.0592. The molecule has 5 rings (SSSR count). The van der Waals surface area contributed by atoms with Crippen molar-refractivity contribution in [3.8, 4) is 11.4 Å². The van der Waals surface area contributed by atoms with Crippen LogP contribution < -0.4 is 10.3 Å². The minimum atomic E-state index is -0.493. The van der Waals surface area contributed by atoms with Crippen LogP contribution in [-0.4, -0.2) is 45.4 Å². The molecule has 4 heterocycles. The molecular formula is C26H26N4O4S. The average Bonchev–Trinajstić information content (AvgIpc) is 3.53. The first-order valence-electron chi connectivity index (χ1n) is 11.4. The van der Waals surface area contributed by atoms with Crippen LogP contribution in [0.3, 0.4) is 0 Å². The summed E-state index contributed by atoms with van der Waals surface area (Å²) >= 11 is 1.56. The summed E-state index contributed by atoms with van der Waals surface area (Å²) in [5.41, 5.74) is 2.91. The highest BCUT2D eigenvalue weighted by Crippen LogP contribution is 2.26. The number of carbonyl (C=O) groups excluding carboxylic acids is 1. The van der Waals surface area contributed by atoms with Crippen molar-refractivity contribution >= 4 is 17.3 Å². The van der Waals surface area contributed by atoms with Crippen molar-refractivity contribution in [1.29, 1.82) is 0 Å². The third-order valence-electron chi connectivity index (χ3n) is 6.09. The summed E-state index contributed by atoms with van der Waals surface area (Å²) in [6.07, 6.45) is 4.42. The molecule has 0 N–H and O–H groups in total. The van der Waals surface area contributed by atoms with Gasteiger partial charge in [0, 0.05) is 61.0 Å². The second-order valence-corrected chi connectivity index (χ2v) is 9.37. The zero-order chi connectivity index (χ0) is 24.2. The Morgan fingerprint density at radius 1 is 1.11 bits per heavy atom. The molecule has 9 heteroatoms. The zero-order valence-electron chi connectivity index (χ0n) is 19.4. The molecule has 1 aliphatic rings. The van der Waals surface area contributed by atoms with E-state index >= 15 is 0 Å². The van der Waals surface area contributed by atoms with E-state index in [2.05, 4.69) is 10.00 Å². The highest BCUT2D eigenvalue weighted by molar-refractivity contribution is 7.09. The Kier molecular flexibility index (Phi) is 6.78. The number of fused-ring (bicyclic) bond motifs is 1. The SMILES string of the molecule is COC(=O)c1c(OCc2cccs2)cc(=O)n2c1CCN(Cc1cnn(-c3ccccc3)c1)CC2. The Labute approximate surface area is 207 Å². The third kappa shape index (κ3) is 5.06. The first-order valence-corrected chi connectivity index (χ1v) is 12.3. The fraction of sp³-hybridized carbons (Fsp3) is 0.269. The number of hydrogen-bond acceptors (Lipinski definition) is 7. The standard InChI is InChI=1S/C26H26N4O4S/c1-33-26(32)25-22-9-10-28(16-19-15-27-30(17-19)20-6-3-2-4-7-20)11-12-29(22)24(31)14-23(25)34-18-21-8-5-13-35-21/h2-8,13-15,17H,9-12,16,18H2,1H3. The van der Waals surface area contributed by atoms with Gasteiger partial charge in [0.1, 0.15) is 17.9 Å². The predicted octanol–water partition coefficient (Wildman–Crippen LogP) is 3.52. The van der Waals surface area contributed by atoms with Crippen molar-refractivity contribution in [2.45, 2.75) is 26.1 Å². The number of ether oxygens (including phenoxy) is 2. The van der Waals surface area contributed by atoms with Crippen molar-refractivity contribution in [2.24, 2.45) is 0 Å². The van der Waals surface area contributed by atoms with Crippen molar-refractivity contribution < 1.29 is 14.3 Å². The molecule has 3 aromatic heterocycles. The number of carbonyl (C=O) groups is 1. The molecule has 0 amide bonds. The minimum Gasteiger partial charge on any atom is -0.487 e. The molecule has 35 heavy (non-hydrogen) atoms. The summed E-state index contributed by atoms with van der Waals surface area (Å²) in [6, 6.07) is 15.3. The highest BCUT2D eigenvalue weighted by atomic mass is 32.1. The molecule has 4 aromatic rings. The molecule has 0 radical (unpaired) electrons. The molecule has 8 nitrogen and oxygen atoms in total. The van der Waals surface area contributed by atoms with E-state index in [1.165, 1.54) is 13.2 Å². The van der Waals surface area contributed by atoms with Gasteiger partial charge in [-0.3, -0.25) is 9.69 Å². The fourth-order valence-corrected chi connectivity index (χ4v) is 4.97. The number of nitrogens with zero attached hydrogens (tertiary/aromatic N) is 4. The third-order valence-corrected chi connectivity index (χ3v) is 6.94. The molecule has 0 fully saturated rings. The van der Waals surface area contributed by atoms with Crippen LogP contribution in [0.15, 0.2) is 71.1 Å². The van der Waals surface area contributed by atoms with Gasteiger partial charge in [0.05, 0.1) is 19.0 Å². The van der Waals surface area contributed by atoms with Crippen LogP contribution in [0.1, 0.15) is 26.5 Å². The summed E-state index contributed by atoms with van der Waals surface area (Å²) in [5.74, 6) is -0.216. The van der Waals surface area contributed by atoms with E-state index < -0.39 is 5.97 Å². The van der Waals surface area contributed by atoms with E-state index in [9.17, 15) is 9.59 Å². The number of hydrogen-bond donors (Lipinski definition) is 0. The highest BCUT2D eigenvalue weighted by Gasteiger charge is 2.26. The van der Waals surface area contributed by atoms with Crippen LogP contribution in [0.2, 0.25) is 0 Å². The van der Waals surface area contributed by atoms with Gasteiger partial charge in [-0.25, -0.2) is 9.48 Å². The number of rotatable bonds is 7. The van der Waals surface area contributed by atoms with Gasteiger partial charge in [-0.15, -0.1) is 11.3 Å². The van der Waals surface area contributed by atoms with Crippen molar-refractivity contribution in [1.82, 2.24) is 19.2 Å². The maximum atomic E-state index is 13.0. The summed E-state index contributed by atoms with van der Waals surface area (Å²) in [7, 11) is 1.35. The van der Waals surface area contributed by atoms with E-state index in [1.807, 2.05) is 64.9 Å². The molecule has 1 aromatic carbocycles. The lowest BCUT2D eigenvalue weighted by atomic mass is 10.1. The van der Waals surface area contributed by atoms with Gasteiger partial charge in [0.25, 0.3) is 5.56 Å². The lowest BCUT2D eigenvalue weighted by Gasteiger charge is -2.18. The maximum Gasteiger partial charge on any atom is 0.343 e. The normalized spacial score (nSPS) is 13.7. The van der Waals surface area contributed by atoms with Crippen LogP contribution in [0.5, 0.6) is 5.75 Å². The molecule has 0 spiro atoms. The smallest absolute Gasteiger partial charge is 0.343 e. The summed E-state index contributed by atoms with van der Waals surface area (Å²) in [4.78, 5) is 29.0. The number of methoxy groups -OCH3 is 1. The lowest BCUT2D eigenvalue weighted by Crippen LogP contribution is -2.29. The Bertz CT molecular complexity index is 1360. The Hall–Kier alpha value is -3.69. The minimum absolute atomic E-state index is 0.174. The fourth-order valence-electron chi connectivity index (χ4n) is 4.35. The van der Waals surface area contributed by atoms with Gasteiger partial charge >= 0.3 is 5.97 Å². The predicted molar refractivity (Wildman–Crippen MR) is 133 cm³/mol. The van der Waals surface area contributed by atoms with E-state index in [0.29, 0.717) is 50.5 Å². The van der Waals surface area contributed by atoms with E-state index in [4.69, 9.17) is 9.47 Å². The van der Waals surface area contributed by atoms with Gasteiger partial charge in [-0.1, -0.05) is 24.3 Å². The van der Waals surface area contributed by atoms with Gasteiger partial charge in [-0.2, -0.15) is 5.10 Å². The maximum absolute atomic E-state index is 13.0. The molecule has 0 saturated heterocycles. The summed E-state index contributed by atoms with van der Waals surface area (Å²) < 4.78 is 14.5. The number of esters is 1. The summed E-state index contributed by atoms with van der Waals surface area (Å²) in [6.45, 7) is 2.84. The Morgan fingerprint density at radius 2 is 1.97 bits per heavy atom. The van der Waals surface area contributed by atoms with Crippen molar-refractivity contribution in [3.63, 3.8) is 0 Å². The first-order chi connectivity index (χ1) is 17.1. The second-order valence-electron chi connectivity index (χ2n) is 8.33. The quantitative estimate of drug-likeness (QED) is 0.369. The number of para-hydroxylation sites is 1. The van der Waals surface area contributed by atoms with Gasteiger partial charge in [0.15, 0.2) is 0 Å². The van der Waals surface area contributed by atoms with E-state index in [1.54, 1.807) is 15.9 Å². The van der Waals surface area contributed by atoms with Crippen molar-refractivity contribution in [3.05, 3.63) is 98.4 Å². The van der Waals surface area contributed by atoms with Crippen LogP contribution >= 0.6 is 11.3 Å². The van der Waals surface area contributed by atoms with Crippen LogP contribution in [-0.2, 0) is 30.9 Å². The van der Waals surface area contributed by atoms with Gasteiger partial charge < -0.3 is 14.0 Å². The zero-order valence-corrected chi connectivity index (χ0v) is 20.2. The van der Waals surface area contributed by atoms with Crippen LogP contribution in [0.25, 0.3) is 5.69 Å². The number of aromatic nitrogens is 3. The summed E-state index contributed by atoms with van der Waals surface area (Å²) in [5, 5.41) is 6.45. The molecule has 0 saturated carbocycles. The van der Waals surface area contributed by atoms with Gasteiger partial charge in [-0.05, 0) is 23.6 Å². The molecule has 0 atom stereocenters. The van der Waals surface area contributed by atoms with Crippen molar-refractivity contribution in [2.75, 3.05) is 20.2 Å². The number of pyridine rings is 1. The Balaban J connectivity index is 1.36. The van der Waals surface area contributed by atoms with Crippen LogP contribution in [0.4, 0.5) is 0 Å². The Morgan fingerprint density at radius 3 is 2.74 bits per heavy atom. The largest absolute Gasteiger partial charge is 0.487 e. The first kappa shape index (κ1) is 23.1. The average molecular weight is 491 g/mol. The van der Waals surface area contributed by atoms with Gasteiger partial charge in [0.2, 0.25) is 0 Å². The number of benzene rings is 1. The number of thiophene rings is 1. The molecule has 180 valence electrons. The molecule has 0 bridgehead atoms. The van der Waals surface area contributed by atoms with E-state index in [-0.39, 0.29) is 11.3 Å². The monoisotopic (exact) mass is 490 g/mol. The topological polar surface area (TPSA) is 78.6 Å².